The van der Waals surface area contributed by atoms with Gasteiger partial charge in [-0.15, -0.1) is 0 Å². The van der Waals surface area contributed by atoms with Crippen LogP contribution < -0.4 is 0 Å². The average molecular weight is 270 g/mol. The van der Waals surface area contributed by atoms with Gasteiger partial charge in [0, 0.05) is 19.3 Å². The molecule has 4 nitrogen and oxygen atoms in total. The van der Waals surface area contributed by atoms with Crippen molar-refractivity contribution in [2.75, 3.05) is 0 Å². The van der Waals surface area contributed by atoms with E-state index in [9.17, 15) is 5.11 Å². The van der Waals surface area contributed by atoms with Crippen molar-refractivity contribution in [1.29, 1.82) is 0 Å². The van der Waals surface area contributed by atoms with E-state index in [0.717, 1.165) is 44.9 Å². The van der Waals surface area contributed by atoms with Gasteiger partial charge in [0.05, 0.1) is 12.2 Å². The second kappa shape index (κ2) is 4.42. The number of hydrogen-bond donors (Lipinski definition) is 1. The lowest BCUT2D eigenvalue weighted by molar-refractivity contribution is -0.398. The first-order valence-electron chi connectivity index (χ1n) is 7.65. The predicted octanol–water partition coefficient (Wildman–Crippen LogP) is 2.73. The van der Waals surface area contributed by atoms with Crippen LogP contribution in [0.2, 0.25) is 0 Å². The zero-order valence-corrected chi connectivity index (χ0v) is 12.3. The zero-order chi connectivity index (χ0) is 13.7. The van der Waals surface area contributed by atoms with Crippen molar-refractivity contribution in [2.45, 2.75) is 95.1 Å². The smallest absolute Gasteiger partial charge is 0.200 e. The van der Waals surface area contributed by atoms with E-state index in [1.165, 1.54) is 0 Å². The lowest BCUT2D eigenvalue weighted by Crippen LogP contribution is -2.60. The third kappa shape index (κ3) is 2.23. The molecule has 3 saturated heterocycles. The third-order valence-corrected chi connectivity index (χ3v) is 5.02. The molecule has 0 aliphatic carbocycles. The molecule has 4 heteroatoms. The Morgan fingerprint density at radius 2 is 1.68 bits per heavy atom. The van der Waals surface area contributed by atoms with Gasteiger partial charge < -0.3 is 19.3 Å². The molecule has 3 aliphatic heterocycles. The lowest BCUT2D eigenvalue weighted by Gasteiger charge is -2.49. The second-order valence-corrected chi connectivity index (χ2v) is 6.83. The van der Waals surface area contributed by atoms with Gasteiger partial charge in [-0.3, -0.25) is 0 Å². The Bertz CT molecular complexity index is 356. The van der Waals surface area contributed by atoms with Gasteiger partial charge in [0.1, 0.15) is 5.60 Å². The van der Waals surface area contributed by atoms with E-state index in [1.807, 2.05) is 6.92 Å². The molecule has 19 heavy (non-hydrogen) atoms. The summed E-state index contributed by atoms with van der Waals surface area (Å²) >= 11 is 0. The fourth-order valence-electron chi connectivity index (χ4n) is 3.81. The molecule has 0 bridgehead atoms. The van der Waals surface area contributed by atoms with Gasteiger partial charge in [-0.1, -0.05) is 0 Å². The van der Waals surface area contributed by atoms with Crippen molar-refractivity contribution >= 4 is 0 Å². The summed E-state index contributed by atoms with van der Waals surface area (Å²) in [5.41, 5.74) is -0.924. The second-order valence-electron chi connectivity index (χ2n) is 6.83. The van der Waals surface area contributed by atoms with E-state index < -0.39 is 17.2 Å². The Morgan fingerprint density at radius 1 is 0.947 bits per heavy atom. The quantitative estimate of drug-likeness (QED) is 0.735. The molecular weight excluding hydrogens is 244 g/mol. The molecule has 0 aromatic heterocycles. The van der Waals surface area contributed by atoms with Crippen LogP contribution in [0.4, 0.5) is 0 Å². The molecule has 1 N–H and O–H groups in total. The Kier molecular flexibility index (Phi) is 3.21. The van der Waals surface area contributed by atoms with Crippen LogP contribution in [0.3, 0.4) is 0 Å². The Balaban J connectivity index is 1.82. The largest absolute Gasteiger partial charge is 0.385 e. The van der Waals surface area contributed by atoms with E-state index in [2.05, 4.69) is 13.8 Å². The molecular formula is C15H26O4. The van der Waals surface area contributed by atoms with Gasteiger partial charge in [-0.05, 0) is 46.5 Å². The van der Waals surface area contributed by atoms with Gasteiger partial charge >= 0.3 is 0 Å². The highest BCUT2D eigenvalue weighted by Crippen LogP contribution is 2.53. The van der Waals surface area contributed by atoms with Crippen molar-refractivity contribution in [3.8, 4) is 0 Å². The van der Waals surface area contributed by atoms with E-state index in [-0.39, 0.29) is 12.2 Å². The van der Waals surface area contributed by atoms with Gasteiger partial charge in [0.15, 0.2) is 5.79 Å². The maximum absolute atomic E-state index is 10.7. The van der Waals surface area contributed by atoms with E-state index >= 15 is 0 Å². The van der Waals surface area contributed by atoms with Crippen LogP contribution in [0.1, 0.15) is 65.7 Å². The standard InChI is InChI=1S/C15H26O4/c1-11-5-4-7-14(17-11)9-10-15(19-14)13(3,16)8-6-12(2)18-15/h11-12,16H,4-10H2,1-3H3/t11-,12+,13+,14+,15+/m1/s1. The molecule has 5 atom stereocenters. The van der Waals surface area contributed by atoms with Crippen molar-refractivity contribution in [1.82, 2.24) is 0 Å². The first kappa shape index (κ1) is 13.8. The molecule has 0 saturated carbocycles. The van der Waals surface area contributed by atoms with Gasteiger partial charge in [-0.25, -0.2) is 0 Å². The maximum atomic E-state index is 10.7. The Labute approximate surface area is 115 Å². The van der Waals surface area contributed by atoms with Crippen LogP contribution in [0.25, 0.3) is 0 Å². The fraction of sp³-hybridized carbons (Fsp3) is 1.00. The number of ether oxygens (including phenoxy) is 3. The van der Waals surface area contributed by atoms with Crippen LogP contribution >= 0.6 is 0 Å². The molecule has 0 amide bonds. The molecule has 3 aliphatic rings. The van der Waals surface area contributed by atoms with Gasteiger partial charge in [0.2, 0.25) is 5.79 Å². The first-order valence-corrected chi connectivity index (χ1v) is 7.65. The lowest BCUT2D eigenvalue weighted by atomic mass is 9.84. The molecule has 3 fully saturated rings. The highest BCUT2D eigenvalue weighted by atomic mass is 16.8. The maximum Gasteiger partial charge on any atom is 0.200 e. The number of rotatable bonds is 0. The average Bonchev–Trinajstić information content (AvgIpc) is 2.65. The SMILES string of the molecule is C[C@@H]1CCC[C@]2(CC[C@]3(O[C@@H](C)CC[C@]3(C)O)O2)O1. The molecule has 110 valence electrons. The molecule has 0 aromatic carbocycles. The Hall–Kier alpha value is -0.160. The van der Waals surface area contributed by atoms with E-state index in [1.54, 1.807) is 0 Å². The molecule has 0 aromatic rings. The summed E-state index contributed by atoms with van der Waals surface area (Å²) in [6.45, 7) is 5.98. The van der Waals surface area contributed by atoms with Crippen LogP contribution in [0.5, 0.6) is 0 Å². The van der Waals surface area contributed by atoms with E-state index in [4.69, 9.17) is 14.2 Å². The highest BCUT2D eigenvalue weighted by molar-refractivity contribution is 5.02. The monoisotopic (exact) mass is 270 g/mol. The minimum atomic E-state index is -0.924. The summed E-state index contributed by atoms with van der Waals surface area (Å²) in [5, 5.41) is 10.7. The van der Waals surface area contributed by atoms with Gasteiger partial charge in [-0.2, -0.15) is 0 Å². The highest BCUT2D eigenvalue weighted by Gasteiger charge is 2.62. The molecule has 0 radical (unpaired) electrons. The summed E-state index contributed by atoms with van der Waals surface area (Å²) in [6, 6.07) is 0. The topological polar surface area (TPSA) is 47.9 Å². The minimum absolute atomic E-state index is 0.136. The molecule has 0 unspecified atom stereocenters. The summed E-state index contributed by atoms with van der Waals surface area (Å²) in [7, 11) is 0. The summed E-state index contributed by atoms with van der Waals surface area (Å²) in [4.78, 5) is 0. The predicted molar refractivity (Wildman–Crippen MR) is 70.6 cm³/mol. The van der Waals surface area contributed by atoms with Crippen LogP contribution in [0.15, 0.2) is 0 Å². The van der Waals surface area contributed by atoms with Crippen molar-refractivity contribution in [3.63, 3.8) is 0 Å². The summed E-state index contributed by atoms with van der Waals surface area (Å²) in [6.07, 6.45) is 6.62. The molecule has 3 rings (SSSR count). The number of hydrogen-bond acceptors (Lipinski definition) is 4. The zero-order valence-electron chi connectivity index (χ0n) is 12.3. The van der Waals surface area contributed by atoms with Crippen molar-refractivity contribution < 1.29 is 19.3 Å². The summed E-state index contributed by atoms with van der Waals surface area (Å²) < 4.78 is 18.4. The van der Waals surface area contributed by atoms with Crippen LogP contribution in [-0.4, -0.2) is 34.5 Å². The van der Waals surface area contributed by atoms with Gasteiger partial charge in [0.25, 0.3) is 0 Å². The van der Waals surface area contributed by atoms with Crippen molar-refractivity contribution in [3.05, 3.63) is 0 Å². The first-order chi connectivity index (χ1) is 8.87. The van der Waals surface area contributed by atoms with Crippen LogP contribution in [0, 0.1) is 0 Å². The Morgan fingerprint density at radius 3 is 2.42 bits per heavy atom. The number of aliphatic hydroxyl groups is 1. The van der Waals surface area contributed by atoms with E-state index in [0.29, 0.717) is 0 Å². The third-order valence-electron chi connectivity index (χ3n) is 5.02. The van der Waals surface area contributed by atoms with Crippen LogP contribution in [-0.2, 0) is 14.2 Å². The summed E-state index contributed by atoms with van der Waals surface area (Å²) in [5.74, 6) is -1.40. The molecule has 3 heterocycles. The molecule has 2 spiro atoms. The fourth-order valence-corrected chi connectivity index (χ4v) is 3.81. The van der Waals surface area contributed by atoms with Crippen molar-refractivity contribution in [2.24, 2.45) is 0 Å². The normalized spacial score (nSPS) is 54.9. The minimum Gasteiger partial charge on any atom is -0.385 e.